The standard InChI is InChI=1S/C6H12N2O/c1-4-2-3-6(4,8)5(7)9/h4H,2-3,8H2,1H3,(H2,7,9)/t4-,6+/m1/s1. The van der Waals surface area contributed by atoms with Crippen molar-refractivity contribution in [1.82, 2.24) is 0 Å². The zero-order valence-electron chi connectivity index (χ0n) is 5.55. The first kappa shape index (κ1) is 6.55. The molecule has 0 unspecified atom stereocenters. The van der Waals surface area contributed by atoms with Crippen molar-refractivity contribution in [3.63, 3.8) is 0 Å². The van der Waals surface area contributed by atoms with Crippen LogP contribution < -0.4 is 11.5 Å². The molecule has 1 fully saturated rings. The molecule has 0 aromatic carbocycles. The lowest BCUT2D eigenvalue weighted by Gasteiger charge is -2.41. The van der Waals surface area contributed by atoms with Gasteiger partial charge in [0.15, 0.2) is 0 Å². The van der Waals surface area contributed by atoms with Gasteiger partial charge < -0.3 is 11.5 Å². The maximum Gasteiger partial charge on any atom is 0.237 e. The molecular formula is C6H12N2O. The molecule has 3 heteroatoms. The molecule has 0 bridgehead atoms. The number of hydrogen-bond acceptors (Lipinski definition) is 2. The van der Waals surface area contributed by atoms with Gasteiger partial charge in [-0.15, -0.1) is 0 Å². The van der Waals surface area contributed by atoms with E-state index in [-0.39, 0.29) is 11.8 Å². The molecule has 4 N–H and O–H groups in total. The van der Waals surface area contributed by atoms with Gasteiger partial charge in [-0.2, -0.15) is 0 Å². The lowest BCUT2D eigenvalue weighted by Crippen LogP contribution is -2.62. The van der Waals surface area contributed by atoms with Gasteiger partial charge in [-0.1, -0.05) is 6.92 Å². The summed E-state index contributed by atoms with van der Waals surface area (Å²) in [5, 5.41) is 0. The van der Waals surface area contributed by atoms with Crippen molar-refractivity contribution < 1.29 is 4.79 Å². The van der Waals surface area contributed by atoms with Crippen LogP contribution >= 0.6 is 0 Å². The second-order valence-electron chi connectivity index (χ2n) is 2.84. The van der Waals surface area contributed by atoms with Crippen LogP contribution in [0.4, 0.5) is 0 Å². The number of carbonyl (C=O) groups is 1. The summed E-state index contributed by atoms with van der Waals surface area (Å²) in [6, 6.07) is 0. The second kappa shape index (κ2) is 1.70. The highest BCUT2D eigenvalue weighted by molar-refractivity contribution is 5.85. The van der Waals surface area contributed by atoms with Gasteiger partial charge in [0.25, 0.3) is 0 Å². The van der Waals surface area contributed by atoms with Gasteiger partial charge in [0.1, 0.15) is 0 Å². The van der Waals surface area contributed by atoms with Gasteiger partial charge in [-0.05, 0) is 18.8 Å². The number of rotatable bonds is 1. The van der Waals surface area contributed by atoms with Crippen molar-refractivity contribution in [3.05, 3.63) is 0 Å². The van der Waals surface area contributed by atoms with Crippen LogP contribution in [0.3, 0.4) is 0 Å². The van der Waals surface area contributed by atoms with Gasteiger partial charge in [0, 0.05) is 0 Å². The van der Waals surface area contributed by atoms with Crippen molar-refractivity contribution in [3.8, 4) is 0 Å². The molecule has 3 nitrogen and oxygen atoms in total. The van der Waals surface area contributed by atoms with E-state index in [0.717, 1.165) is 12.8 Å². The molecular weight excluding hydrogens is 116 g/mol. The minimum Gasteiger partial charge on any atom is -0.368 e. The molecule has 0 saturated heterocycles. The molecule has 1 aliphatic rings. The molecule has 0 aromatic heterocycles. The Bertz CT molecular complexity index is 146. The topological polar surface area (TPSA) is 69.1 Å². The van der Waals surface area contributed by atoms with E-state index in [9.17, 15) is 4.79 Å². The Kier molecular flexibility index (Phi) is 1.24. The fourth-order valence-corrected chi connectivity index (χ4v) is 1.11. The number of nitrogens with two attached hydrogens (primary N) is 2. The molecule has 1 rings (SSSR count). The van der Waals surface area contributed by atoms with Crippen LogP contribution in [0, 0.1) is 5.92 Å². The van der Waals surface area contributed by atoms with Crippen LogP contribution in [0.25, 0.3) is 0 Å². The van der Waals surface area contributed by atoms with Crippen LogP contribution in [-0.2, 0) is 4.79 Å². The van der Waals surface area contributed by atoms with E-state index >= 15 is 0 Å². The van der Waals surface area contributed by atoms with Crippen LogP contribution in [-0.4, -0.2) is 11.4 Å². The van der Waals surface area contributed by atoms with Crippen molar-refractivity contribution in [2.45, 2.75) is 25.3 Å². The molecule has 0 aromatic rings. The molecule has 1 saturated carbocycles. The minimum atomic E-state index is -0.681. The predicted octanol–water partition coefficient (Wildman–Crippen LogP) is -0.401. The monoisotopic (exact) mass is 128 g/mol. The number of primary amides is 1. The quantitative estimate of drug-likeness (QED) is 0.504. The second-order valence-corrected chi connectivity index (χ2v) is 2.84. The molecule has 1 amide bonds. The molecule has 2 atom stereocenters. The van der Waals surface area contributed by atoms with E-state index in [4.69, 9.17) is 11.5 Å². The van der Waals surface area contributed by atoms with Crippen LogP contribution in [0.5, 0.6) is 0 Å². The lowest BCUT2D eigenvalue weighted by atomic mass is 9.68. The van der Waals surface area contributed by atoms with Crippen molar-refractivity contribution in [2.75, 3.05) is 0 Å². The Morgan fingerprint density at radius 1 is 1.78 bits per heavy atom. The highest BCUT2D eigenvalue weighted by Gasteiger charge is 2.45. The molecule has 0 aliphatic heterocycles. The van der Waals surface area contributed by atoms with E-state index in [1.165, 1.54) is 0 Å². The number of amides is 1. The lowest BCUT2D eigenvalue weighted by molar-refractivity contribution is -0.128. The normalized spacial score (nSPS) is 41.8. The Morgan fingerprint density at radius 3 is 2.33 bits per heavy atom. The third-order valence-corrected chi connectivity index (χ3v) is 2.33. The van der Waals surface area contributed by atoms with Crippen molar-refractivity contribution in [1.29, 1.82) is 0 Å². The van der Waals surface area contributed by atoms with Crippen molar-refractivity contribution in [2.24, 2.45) is 17.4 Å². The van der Waals surface area contributed by atoms with Crippen LogP contribution in [0.2, 0.25) is 0 Å². The van der Waals surface area contributed by atoms with Gasteiger partial charge in [-0.25, -0.2) is 0 Å². The van der Waals surface area contributed by atoms with Gasteiger partial charge in [0.05, 0.1) is 5.54 Å². The summed E-state index contributed by atoms with van der Waals surface area (Å²) in [6.07, 6.45) is 1.78. The summed E-state index contributed by atoms with van der Waals surface area (Å²) in [5.74, 6) is -0.0868. The van der Waals surface area contributed by atoms with Gasteiger partial charge in [0.2, 0.25) is 5.91 Å². The average molecular weight is 128 g/mol. The van der Waals surface area contributed by atoms with E-state index < -0.39 is 5.54 Å². The Balaban J connectivity index is 2.64. The molecule has 9 heavy (non-hydrogen) atoms. The fraction of sp³-hybridized carbons (Fsp3) is 0.833. The summed E-state index contributed by atoms with van der Waals surface area (Å²) in [6.45, 7) is 1.95. The summed E-state index contributed by atoms with van der Waals surface area (Å²) >= 11 is 0. The summed E-state index contributed by atoms with van der Waals surface area (Å²) in [5.41, 5.74) is 9.99. The molecule has 0 radical (unpaired) electrons. The smallest absolute Gasteiger partial charge is 0.237 e. The highest BCUT2D eigenvalue weighted by Crippen LogP contribution is 2.35. The highest BCUT2D eigenvalue weighted by atomic mass is 16.1. The Hall–Kier alpha value is -0.570. The Labute approximate surface area is 54.4 Å². The molecule has 52 valence electrons. The Morgan fingerprint density at radius 2 is 2.33 bits per heavy atom. The first-order chi connectivity index (χ1) is 4.07. The fourth-order valence-electron chi connectivity index (χ4n) is 1.11. The summed E-state index contributed by atoms with van der Waals surface area (Å²) < 4.78 is 0. The third-order valence-electron chi connectivity index (χ3n) is 2.33. The number of carbonyl (C=O) groups excluding carboxylic acids is 1. The maximum absolute atomic E-state index is 10.6. The first-order valence-electron chi connectivity index (χ1n) is 3.16. The summed E-state index contributed by atoms with van der Waals surface area (Å²) in [7, 11) is 0. The zero-order valence-corrected chi connectivity index (χ0v) is 5.55. The van der Waals surface area contributed by atoms with Crippen molar-refractivity contribution >= 4 is 5.91 Å². The molecule has 0 spiro atoms. The van der Waals surface area contributed by atoms with E-state index in [0.29, 0.717) is 0 Å². The van der Waals surface area contributed by atoms with Crippen LogP contribution in [0.15, 0.2) is 0 Å². The number of hydrogen-bond donors (Lipinski definition) is 2. The third kappa shape index (κ3) is 0.721. The van der Waals surface area contributed by atoms with E-state index in [1.54, 1.807) is 0 Å². The van der Waals surface area contributed by atoms with Gasteiger partial charge >= 0.3 is 0 Å². The predicted molar refractivity (Wildman–Crippen MR) is 34.5 cm³/mol. The van der Waals surface area contributed by atoms with E-state index in [2.05, 4.69) is 0 Å². The summed E-state index contributed by atoms with van der Waals surface area (Å²) in [4.78, 5) is 10.6. The minimum absolute atomic E-state index is 0.273. The van der Waals surface area contributed by atoms with Crippen LogP contribution in [0.1, 0.15) is 19.8 Å². The average Bonchev–Trinajstić information content (AvgIpc) is 1.82. The van der Waals surface area contributed by atoms with Gasteiger partial charge in [-0.3, -0.25) is 4.79 Å². The molecule has 1 aliphatic carbocycles. The largest absolute Gasteiger partial charge is 0.368 e. The van der Waals surface area contributed by atoms with E-state index in [1.807, 2.05) is 6.92 Å². The molecule has 0 heterocycles. The zero-order chi connectivity index (χ0) is 7.07. The SMILES string of the molecule is C[C@@H]1CC[C@@]1(N)C(N)=O. The maximum atomic E-state index is 10.6. The first-order valence-corrected chi connectivity index (χ1v) is 3.16.